The summed E-state index contributed by atoms with van der Waals surface area (Å²) in [5, 5.41) is 3.67. The Hall–Kier alpha value is -1.16. The molecule has 5 heteroatoms. The van der Waals surface area contributed by atoms with Crippen LogP contribution in [0.5, 0.6) is 0 Å². The van der Waals surface area contributed by atoms with Crippen LogP contribution in [0.4, 0.5) is 5.69 Å². The largest absolute Gasteiger partial charge is 0.325 e. The molecule has 1 N–H and O–H groups in total. The van der Waals surface area contributed by atoms with E-state index in [-0.39, 0.29) is 11.2 Å². The number of carbonyl (C=O) groups excluding carboxylic acids is 1. The molecule has 0 aliphatic carbocycles. The first kappa shape index (κ1) is 16.2. The van der Waals surface area contributed by atoms with Crippen molar-refractivity contribution in [3.63, 3.8) is 0 Å². The second-order valence-corrected chi connectivity index (χ2v) is 6.79. The molecule has 0 fully saturated rings. The van der Waals surface area contributed by atoms with Gasteiger partial charge in [0.15, 0.2) is 0 Å². The van der Waals surface area contributed by atoms with Crippen molar-refractivity contribution in [3.8, 4) is 0 Å². The van der Waals surface area contributed by atoms with E-state index >= 15 is 0 Å². The van der Waals surface area contributed by atoms with Gasteiger partial charge in [0.25, 0.3) is 0 Å². The first-order valence-electron chi connectivity index (χ1n) is 6.47. The van der Waals surface area contributed by atoms with Gasteiger partial charge in [0.2, 0.25) is 5.91 Å². The van der Waals surface area contributed by atoms with Crippen molar-refractivity contribution in [2.45, 2.75) is 17.9 Å². The Kier molecular flexibility index (Phi) is 5.97. The van der Waals surface area contributed by atoms with Gasteiger partial charge in [0, 0.05) is 21.5 Å². The summed E-state index contributed by atoms with van der Waals surface area (Å²) >= 11 is 13.4. The lowest BCUT2D eigenvalue weighted by molar-refractivity contribution is -0.115. The number of nitrogens with one attached hydrogen (secondary N) is 1. The van der Waals surface area contributed by atoms with Gasteiger partial charge in [-0.3, -0.25) is 4.79 Å². The lowest BCUT2D eigenvalue weighted by atomic mass is 10.2. The van der Waals surface area contributed by atoms with E-state index in [9.17, 15) is 4.79 Å². The monoisotopic (exact) mass is 339 g/mol. The third kappa shape index (κ3) is 5.27. The minimum atomic E-state index is -0.164. The smallest absolute Gasteiger partial charge is 0.237 e. The summed E-state index contributed by atoms with van der Waals surface area (Å²) in [6, 6.07) is 15.1. The number of carbonyl (C=O) groups is 1. The van der Waals surface area contributed by atoms with Crippen LogP contribution in [-0.4, -0.2) is 11.2 Å². The van der Waals surface area contributed by atoms with Gasteiger partial charge >= 0.3 is 0 Å². The zero-order valence-corrected chi connectivity index (χ0v) is 13.8. The Bertz CT molecular complexity index is 599. The fourth-order valence-corrected chi connectivity index (χ4v) is 3.11. The number of hydrogen-bond acceptors (Lipinski definition) is 2. The van der Waals surface area contributed by atoms with Crippen molar-refractivity contribution in [1.82, 2.24) is 0 Å². The third-order valence-electron chi connectivity index (χ3n) is 2.84. The van der Waals surface area contributed by atoms with Crippen LogP contribution in [0.25, 0.3) is 0 Å². The van der Waals surface area contributed by atoms with Gasteiger partial charge in [0.1, 0.15) is 0 Å². The minimum Gasteiger partial charge on any atom is -0.325 e. The van der Waals surface area contributed by atoms with Gasteiger partial charge < -0.3 is 5.32 Å². The van der Waals surface area contributed by atoms with Gasteiger partial charge in [-0.25, -0.2) is 0 Å². The van der Waals surface area contributed by atoms with Gasteiger partial charge in [-0.2, -0.15) is 0 Å². The second-order valence-electron chi connectivity index (χ2n) is 4.59. The zero-order valence-electron chi connectivity index (χ0n) is 11.5. The average Bonchev–Trinajstić information content (AvgIpc) is 2.44. The molecular formula is C16H15Cl2NOS. The predicted molar refractivity (Wildman–Crippen MR) is 92.3 cm³/mol. The maximum atomic E-state index is 12.1. The normalized spacial score (nSPS) is 12.0. The summed E-state index contributed by atoms with van der Waals surface area (Å²) in [6.07, 6.45) is 0. The van der Waals surface area contributed by atoms with Crippen LogP contribution in [0.1, 0.15) is 12.5 Å². The highest BCUT2D eigenvalue weighted by Gasteiger charge is 2.14. The van der Waals surface area contributed by atoms with E-state index in [0.29, 0.717) is 15.7 Å². The molecule has 0 aliphatic heterocycles. The van der Waals surface area contributed by atoms with E-state index in [1.165, 1.54) is 5.56 Å². The van der Waals surface area contributed by atoms with Crippen molar-refractivity contribution < 1.29 is 4.79 Å². The molecule has 1 unspecified atom stereocenters. The van der Waals surface area contributed by atoms with E-state index in [2.05, 4.69) is 5.32 Å². The average molecular weight is 340 g/mol. The van der Waals surface area contributed by atoms with E-state index in [1.807, 2.05) is 37.3 Å². The number of anilines is 1. The molecule has 2 aromatic carbocycles. The molecule has 0 bridgehead atoms. The van der Waals surface area contributed by atoms with E-state index in [1.54, 1.807) is 30.0 Å². The molecule has 110 valence electrons. The molecule has 0 spiro atoms. The highest BCUT2D eigenvalue weighted by Crippen LogP contribution is 2.24. The SMILES string of the molecule is CC(SCc1ccccc1)C(=O)Nc1cc(Cl)cc(Cl)c1. The first-order chi connectivity index (χ1) is 10.0. The number of amides is 1. The Labute approximate surface area is 138 Å². The summed E-state index contributed by atoms with van der Waals surface area (Å²) in [4.78, 5) is 12.1. The summed E-state index contributed by atoms with van der Waals surface area (Å²) in [6.45, 7) is 1.88. The van der Waals surface area contributed by atoms with Gasteiger partial charge in [0.05, 0.1) is 5.25 Å². The summed E-state index contributed by atoms with van der Waals surface area (Å²) in [5.74, 6) is 0.736. The molecule has 2 aromatic rings. The number of rotatable bonds is 5. The molecular weight excluding hydrogens is 325 g/mol. The van der Waals surface area contributed by atoms with Crippen LogP contribution in [0.3, 0.4) is 0 Å². The molecule has 0 aromatic heterocycles. The fraction of sp³-hybridized carbons (Fsp3) is 0.188. The quantitative estimate of drug-likeness (QED) is 0.805. The molecule has 0 saturated heterocycles. The molecule has 0 saturated carbocycles. The van der Waals surface area contributed by atoms with Crippen molar-refractivity contribution >= 4 is 46.6 Å². The Morgan fingerprint density at radius 1 is 1.14 bits per heavy atom. The number of hydrogen-bond donors (Lipinski definition) is 1. The number of thioether (sulfide) groups is 1. The van der Waals surface area contributed by atoms with Gasteiger partial charge in [-0.1, -0.05) is 53.5 Å². The molecule has 0 radical (unpaired) electrons. The van der Waals surface area contributed by atoms with Crippen LogP contribution < -0.4 is 5.32 Å². The van der Waals surface area contributed by atoms with E-state index < -0.39 is 0 Å². The van der Waals surface area contributed by atoms with E-state index in [0.717, 1.165) is 5.75 Å². The topological polar surface area (TPSA) is 29.1 Å². The molecule has 21 heavy (non-hydrogen) atoms. The molecule has 1 atom stereocenters. The Morgan fingerprint density at radius 3 is 2.38 bits per heavy atom. The van der Waals surface area contributed by atoms with Crippen molar-refractivity contribution in [1.29, 1.82) is 0 Å². The van der Waals surface area contributed by atoms with Gasteiger partial charge in [-0.15, -0.1) is 11.8 Å². The van der Waals surface area contributed by atoms with Crippen molar-refractivity contribution in [2.75, 3.05) is 5.32 Å². The van der Waals surface area contributed by atoms with Crippen LogP contribution in [-0.2, 0) is 10.5 Å². The van der Waals surface area contributed by atoms with Crippen LogP contribution in [0.2, 0.25) is 10.0 Å². The maximum absolute atomic E-state index is 12.1. The predicted octanol–water partition coefficient (Wildman–Crippen LogP) is 5.25. The van der Waals surface area contributed by atoms with Crippen LogP contribution in [0.15, 0.2) is 48.5 Å². The summed E-state index contributed by atoms with van der Waals surface area (Å²) in [5.41, 5.74) is 1.82. The highest BCUT2D eigenvalue weighted by molar-refractivity contribution is 7.99. The zero-order chi connectivity index (χ0) is 15.2. The Balaban J connectivity index is 1.90. The van der Waals surface area contributed by atoms with Crippen molar-refractivity contribution in [3.05, 3.63) is 64.1 Å². The van der Waals surface area contributed by atoms with Crippen molar-refractivity contribution in [2.24, 2.45) is 0 Å². The maximum Gasteiger partial charge on any atom is 0.237 e. The van der Waals surface area contributed by atoms with Crippen LogP contribution in [0, 0.1) is 0 Å². The summed E-state index contributed by atoms with van der Waals surface area (Å²) in [7, 11) is 0. The lowest BCUT2D eigenvalue weighted by Crippen LogP contribution is -2.22. The number of halogens is 2. The molecule has 2 rings (SSSR count). The van der Waals surface area contributed by atoms with E-state index in [4.69, 9.17) is 23.2 Å². The second kappa shape index (κ2) is 7.74. The molecule has 2 nitrogen and oxygen atoms in total. The lowest BCUT2D eigenvalue weighted by Gasteiger charge is -2.12. The molecule has 1 amide bonds. The summed E-state index contributed by atoms with van der Waals surface area (Å²) < 4.78 is 0. The molecule has 0 heterocycles. The third-order valence-corrected chi connectivity index (χ3v) is 4.49. The van der Waals surface area contributed by atoms with Gasteiger partial charge in [-0.05, 0) is 30.7 Å². The highest BCUT2D eigenvalue weighted by atomic mass is 35.5. The van der Waals surface area contributed by atoms with Crippen LogP contribution >= 0.6 is 35.0 Å². The number of benzene rings is 2. The Morgan fingerprint density at radius 2 is 1.76 bits per heavy atom. The first-order valence-corrected chi connectivity index (χ1v) is 8.27. The minimum absolute atomic E-state index is 0.0609. The fourth-order valence-electron chi connectivity index (χ4n) is 1.74. The standard InChI is InChI=1S/C16H15Cl2NOS/c1-11(21-10-12-5-3-2-4-6-12)16(20)19-15-8-13(17)7-14(18)9-15/h2-9,11H,10H2,1H3,(H,19,20). The molecule has 0 aliphatic rings.